The third kappa shape index (κ3) is 9.21. The second kappa shape index (κ2) is 18.3. The second-order valence-corrected chi connectivity index (χ2v) is 18.8. The molecule has 1 unspecified atom stereocenters. The van der Waals surface area contributed by atoms with E-state index in [2.05, 4.69) is 21.3 Å². The fourth-order valence-corrected chi connectivity index (χ4v) is 10.6. The first-order valence-corrected chi connectivity index (χ1v) is 23.1. The molecular formula is C43H48N6O9S2. The molecule has 2 aromatic carbocycles. The predicted molar refractivity (Wildman–Crippen MR) is 228 cm³/mol. The molecule has 0 radical (unpaired) electrons. The second-order valence-electron chi connectivity index (χ2n) is 15.4. The Hall–Kier alpha value is -5.68. The molecule has 0 spiro atoms. The number of piperidine rings is 1. The normalized spacial score (nSPS) is 17.8. The maximum absolute atomic E-state index is 13.3. The highest BCUT2D eigenvalue weighted by Gasteiger charge is 2.45. The fourth-order valence-electron chi connectivity index (χ4n) is 8.00. The Bertz CT molecular complexity index is 2530. The standard InChI is InChI=1S/C43H48N6O9S2/c1-2-48-25-31(37-30(41(48)54)24-34(59-37)40(53)46-28-17-21-60(57,58)22-18-28)26-11-9-12-27(23-26)38(51)45-20-8-6-4-3-5-7-19-44-32-14-10-13-29-36(32)43(56)49(42(29)55)33-15-16-35(50)47-39(33)52/h9-14,23-25,28,33,44H,2-8,15-22H2,1H3,(H,45,51)(H,46,53)(H,47,50,52). The van der Waals surface area contributed by atoms with E-state index in [4.69, 9.17) is 0 Å². The number of fused-ring (bicyclic) bond motifs is 2. The summed E-state index contributed by atoms with van der Waals surface area (Å²) in [5, 5.41) is 11.9. The fraction of sp³-hybridized carbons (Fsp3) is 0.419. The average Bonchev–Trinajstić information content (AvgIpc) is 3.79. The summed E-state index contributed by atoms with van der Waals surface area (Å²) in [4.78, 5) is 91.5. The molecule has 3 aliphatic rings. The van der Waals surface area contributed by atoms with Crippen LogP contribution in [0.4, 0.5) is 5.69 Å². The molecule has 316 valence electrons. The number of anilines is 1. The molecule has 1 atom stereocenters. The highest BCUT2D eigenvalue weighted by atomic mass is 32.2. The van der Waals surface area contributed by atoms with Gasteiger partial charge in [-0.05, 0) is 74.9 Å². The topological polar surface area (TPSA) is 210 Å². The van der Waals surface area contributed by atoms with E-state index < -0.39 is 39.5 Å². The van der Waals surface area contributed by atoms with Crippen molar-refractivity contribution < 1.29 is 37.2 Å². The van der Waals surface area contributed by atoms with E-state index >= 15 is 0 Å². The first kappa shape index (κ1) is 42.4. The highest BCUT2D eigenvalue weighted by molar-refractivity contribution is 7.91. The van der Waals surface area contributed by atoms with E-state index in [0.29, 0.717) is 58.7 Å². The van der Waals surface area contributed by atoms with Crippen molar-refractivity contribution in [2.45, 2.75) is 89.8 Å². The van der Waals surface area contributed by atoms with Crippen LogP contribution in [-0.2, 0) is 26.0 Å². The number of hydrogen-bond acceptors (Lipinski definition) is 11. The van der Waals surface area contributed by atoms with Gasteiger partial charge >= 0.3 is 0 Å². The third-order valence-corrected chi connectivity index (χ3v) is 14.2. The average molecular weight is 857 g/mol. The zero-order chi connectivity index (χ0) is 42.6. The molecule has 3 aliphatic heterocycles. The van der Waals surface area contributed by atoms with Crippen molar-refractivity contribution in [3.63, 3.8) is 0 Å². The number of sulfone groups is 1. The van der Waals surface area contributed by atoms with Crippen molar-refractivity contribution in [3.05, 3.63) is 86.6 Å². The van der Waals surface area contributed by atoms with Crippen molar-refractivity contribution in [1.29, 1.82) is 0 Å². The molecule has 0 saturated carbocycles. The Kier molecular flexibility index (Phi) is 12.9. The number of hydrogen-bond donors (Lipinski definition) is 4. The number of rotatable bonds is 16. The SMILES string of the molecule is CCn1cc(-c2cccc(C(=O)NCCCCCCCCNc3cccc4c3C(=O)N(C3CCC(=O)NC3=O)C4=O)c2)c2sc(C(=O)NC3CCS(=O)(=O)CC3)cc2c1=O. The van der Waals surface area contributed by atoms with Crippen molar-refractivity contribution in [3.8, 4) is 11.1 Å². The number of unbranched alkanes of at least 4 members (excludes halogenated alkanes) is 5. The largest absolute Gasteiger partial charge is 0.384 e. The summed E-state index contributed by atoms with van der Waals surface area (Å²) in [6, 6.07) is 12.6. The molecule has 0 bridgehead atoms. The quantitative estimate of drug-likeness (QED) is 0.0907. The van der Waals surface area contributed by atoms with Crippen LogP contribution >= 0.6 is 11.3 Å². The molecule has 4 aromatic rings. The molecule has 2 fully saturated rings. The first-order chi connectivity index (χ1) is 28.8. The number of aryl methyl sites for hydroxylation is 1. The van der Waals surface area contributed by atoms with Crippen LogP contribution in [0.15, 0.2) is 59.5 Å². The number of carbonyl (C=O) groups excluding carboxylic acids is 6. The Balaban J connectivity index is 0.862. The number of carbonyl (C=O) groups is 6. The van der Waals surface area contributed by atoms with Crippen LogP contribution in [0.25, 0.3) is 21.2 Å². The summed E-state index contributed by atoms with van der Waals surface area (Å²) in [5.41, 5.74) is 2.76. The van der Waals surface area contributed by atoms with E-state index in [1.165, 1.54) is 11.3 Å². The molecule has 6 amide bonds. The highest BCUT2D eigenvalue weighted by Crippen LogP contribution is 2.35. The maximum atomic E-state index is 13.3. The molecular weight excluding hydrogens is 809 g/mol. The van der Waals surface area contributed by atoms with E-state index in [9.17, 15) is 42.0 Å². The van der Waals surface area contributed by atoms with Gasteiger partial charge in [-0.15, -0.1) is 11.3 Å². The van der Waals surface area contributed by atoms with Gasteiger partial charge in [0.25, 0.3) is 29.2 Å². The molecule has 4 N–H and O–H groups in total. The lowest BCUT2D eigenvalue weighted by molar-refractivity contribution is -0.136. The summed E-state index contributed by atoms with van der Waals surface area (Å²) < 4.78 is 25.9. The molecule has 15 nitrogen and oxygen atoms in total. The third-order valence-electron chi connectivity index (χ3n) is 11.3. The van der Waals surface area contributed by atoms with Crippen LogP contribution in [0.3, 0.4) is 0 Å². The van der Waals surface area contributed by atoms with Crippen molar-refractivity contribution in [2.75, 3.05) is 29.9 Å². The number of nitrogens with zero attached hydrogens (tertiary/aromatic N) is 2. The Morgan fingerprint density at radius 3 is 2.28 bits per heavy atom. The number of pyridine rings is 1. The van der Waals surface area contributed by atoms with Crippen LogP contribution in [0.1, 0.15) is 112 Å². The lowest BCUT2D eigenvalue weighted by Gasteiger charge is -2.27. The molecule has 2 aromatic heterocycles. The molecule has 5 heterocycles. The monoisotopic (exact) mass is 856 g/mol. The molecule has 7 rings (SSSR count). The van der Waals surface area contributed by atoms with Crippen molar-refractivity contribution in [2.24, 2.45) is 0 Å². The van der Waals surface area contributed by atoms with E-state index in [1.807, 2.05) is 13.0 Å². The maximum Gasteiger partial charge on any atom is 0.264 e. The Labute approximate surface area is 351 Å². The number of thiophene rings is 1. The van der Waals surface area contributed by atoms with Gasteiger partial charge in [-0.1, -0.05) is 43.9 Å². The number of amides is 6. The van der Waals surface area contributed by atoms with Crippen LogP contribution < -0.4 is 26.8 Å². The van der Waals surface area contributed by atoms with E-state index in [0.717, 1.165) is 54.6 Å². The van der Waals surface area contributed by atoms with Gasteiger partial charge in [0.05, 0.1) is 32.9 Å². The van der Waals surface area contributed by atoms with Crippen molar-refractivity contribution >= 4 is 72.4 Å². The van der Waals surface area contributed by atoms with Gasteiger partial charge in [-0.3, -0.25) is 43.8 Å². The van der Waals surface area contributed by atoms with Gasteiger partial charge in [0.15, 0.2) is 0 Å². The van der Waals surface area contributed by atoms with Gasteiger partial charge in [0.1, 0.15) is 15.9 Å². The van der Waals surface area contributed by atoms with Gasteiger partial charge in [-0.2, -0.15) is 0 Å². The summed E-state index contributed by atoms with van der Waals surface area (Å²) >= 11 is 1.21. The van der Waals surface area contributed by atoms with Crippen LogP contribution in [-0.4, -0.2) is 90.0 Å². The minimum atomic E-state index is -3.07. The van der Waals surface area contributed by atoms with Gasteiger partial charge in [-0.25, -0.2) is 8.42 Å². The minimum Gasteiger partial charge on any atom is -0.384 e. The van der Waals surface area contributed by atoms with Crippen LogP contribution in [0.5, 0.6) is 0 Å². The summed E-state index contributed by atoms with van der Waals surface area (Å²) in [7, 11) is -3.07. The van der Waals surface area contributed by atoms with E-state index in [-0.39, 0.29) is 58.9 Å². The predicted octanol–water partition coefficient (Wildman–Crippen LogP) is 4.64. The lowest BCUT2D eigenvalue weighted by atomic mass is 10.0. The van der Waals surface area contributed by atoms with Crippen molar-refractivity contribution in [1.82, 2.24) is 25.4 Å². The number of nitrogens with one attached hydrogen (secondary N) is 4. The molecule has 0 aliphatic carbocycles. The lowest BCUT2D eigenvalue weighted by Crippen LogP contribution is -2.54. The van der Waals surface area contributed by atoms with Gasteiger partial charge in [0, 0.05) is 59.8 Å². The Morgan fingerprint density at radius 2 is 1.55 bits per heavy atom. The first-order valence-electron chi connectivity index (χ1n) is 20.5. The number of imide groups is 2. The summed E-state index contributed by atoms with van der Waals surface area (Å²) in [6.07, 6.45) is 8.11. The number of aromatic nitrogens is 1. The number of benzene rings is 2. The summed E-state index contributed by atoms with van der Waals surface area (Å²) in [5.74, 6) is -2.61. The molecule has 60 heavy (non-hydrogen) atoms. The zero-order valence-corrected chi connectivity index (χ0v) is 35.0. The van der Waals surface area contributed by atoms with Gasteiger partial charge in [0.2, 0.25) is 11.8 Å². The van der Waals surface area contributed by atoms with Crippen LogP contribution in [0.2, 0.25) is 0 Å². The van der Waals surface area contributed by atoms with Gasteiger partial charge < -0.3 is 20.5 Å². The zero-order valence-electron chi connectivity index (χ0n) is 33.3. The van der Waals surface area contributed by atoms with E-state index in [1.54, 1.807) is 53.2 Å². The summed E-state index contributed by atoms with van der Waals surface area (Å²) in [6.45, 7) is 3.38. The smallest absolute Gasteiger partial charge is 0.264 e. The minimum absolute atomic E-state index is 0.0357. The Morgan fingerprint density at radius 1 is 0.833 bits per heavy atom. The van der Waals surface area contributed by atoms with Crippen LogP contribution in [0, 0.1) is 0 Å². The molecule has 2 saturated heterocycles. The molecule has 17 heteroatoms.